The molecule has 2 aromatic carbocycles. The third kappa shape index (κ3) is 2.82. The number of fused-ring (bicyclic) bond motifs is 1. The van der Waals surface area contributed by atoms with E-state index in [2.05, 4.69) is 73.3 Å². The third-order valence-electron chi connectivity index (χ3n) is 4.14. The zero-order chi connectivity index (χ0) is 16.5. The molecule has 1 aliphatic rings. The first-order valence-corrected chi connectivity index (χ1v) is 9.31. The molecule has 3 nitrogen and oxygen atoms in total. The SMILES string of the molecule is CC(C)(C)C1(N=[N+]=[N-])C=C(c2ccccc2)c2ccccc2[Se]1. The van der Waals surface area contributed by atoms with Gasteiger partial charge < -0.3 is 0 Å². The fourth-order valence-corrected chi connectivity index (χ4v) is 5.53. The predicted molar refractivity (Wildman–Crippen MR) is 96.7 cm³/mol. The van der Waals surface area contributed by atoms with Crippen LogP contribution in [-0.4, -0.2) is 19.4 Å². The number of hydrogen-bond donors (Lipinski definition) is 0. The molecule has 1 heterocycles. The van der Waals surface area contributed by atoms with Gasteiger partial charge in [-0.1, -0.05) is 0 Å². The Bertz CT molecular complexity index is 799. The topological polar surface area (TPSA) is 48.8 Å². The van der Waals surface area contributed by atoms with Gasteiger partial charge in [0.1, 0.15) is 0 Å². The van der Waals surface area contributed by atoms with E-state index in [1.807, 2.05) is 18.2 Å². The first-order valence-electron chi connectivity index (χ1n) is 7.60. The van der Waals surface area contributed by atoms with E-state index in [4.69, 9.17) is 0 Å². The minimum absolute atomic E-state index is 0.0480. The molecule has 1 aliphatic heterocycles. The van der Waals surface area contributed by atoms with Gasteiger partial charge in [-0.15, -0.1) is 0 Å². The van der Waals surface area contributed by atoms with Gasteiger partial charge in [-0.2, -0.15) is 0 Å². The van der Waals surface area contributed by atoms with Crippen LogP contribution in [0.15, 0.2) is 65.8 Å². The number of nitrogens with zero attached hydrogens (tertiary/aromatic N) is 3. The molecule has 0 N–H and O–H groups in total. The molecule has 0 saturated carbocycles. The summed E-state index contributed by atoms with van der Waals surface area (Å²) in [7, 11) is 0. The second-order valence-corrected chi connectivity index (χ2v) is 9.32. The van der Waals surface area contributed by atoms with Gasteiger partial charge in [-0.3, -0.25) is 0 Å². The number of hydrogen-bond acceptors (Lipinski definition) is 1. The molecule has 1 unspecified atom stereocenters. The van der Waals surface area contributed by atoms with Gasteiger partial charge in [0.25, 0.3) is 0 Å². The molecule has 116 valence electrons. The Labute approximate surface area is 143 Å². The predicted octanol–water partition coefficient (Wildman–Crippen LogP) is 4.51. The van der Waals surface area contributed by atoms with E-state index in [0.717, 1.165) is 11.1 Å². The first kappa shape index (κ1) is 15.9. The summed E-state index contributed by atoms with van der Waals surface area (Å²) in [5, 5.41) is 4.29. The summed E-state index contributed by atoms with van der Waals surface area (Å²) >= 11 is 0.0480. The van der Waals surface area contributed by atoms with Crippen molar-refractivity contribution in [1.29, 1.82) is 0 Å². The normalized spacial score (nSPS) is 20.2. The summed E-state index contributed by atoms with van der Waals surface area (Å²) in [5.74, 6) is 0. The minimum atomic E-state index is -0.506. The Balaban J connectivity index is 2.30. The summed E-state index contributed by atoms with van der Waals surface area (Å²) in [5.41, 5.74) is 12.6. The Morgan fingerprint density at radius 1 is 1.00 bits per heavy atom. The fourth-order valence-electron chi connectivity index (χ4n) is 2.74. The molecule has 1 atom stereocenters. The second kappa shape index (κ2) is 5.90. The molecule has 0 aromatic heterocycles. The van der Waals surface area contributed by atoms with Crippen molar-refractivity contribution >= 4 is 25.0 Å². The van der Waals surface area contributed by atoms with Gasteiger partial charge in [-0.05, 0) is 0 Å². The van der Waals surface area contributed by atoms with E-state index in [9.17, 15) is 5.53 Å². The fraction of sp³-hybridized carbons (Fsp3) is 0.263. The van der Waals surface area contributed by atoms with E-state index in [-0.39, 0.29) is 20.4 Å². The van der Waals surface area contributed by atoms with Crippen molar-refractivity contribution in [1.82, 2.24) is 0 Å². The molecule has 0 bridgehead atoms. The summed E-state index contributed by atoms with van der Waals surface area (Å²) < 4.78 is 0.789. The molecule has 4 heteroatoms. The van der Waals surface area contributed by atoms with Crippen LogP contribution in [0.3, 0.4) is 0 Å². The van der Waals surface area contributed by atoms with Crippen molar-refractivity contribution in [2.75, 3.05) is 0 Å². The maximum absolute atomic E-state index is 9.19. The molecule has 0 amide bonds. The first-order chi connectivity index (χ1) is 11.0. The molecular formula is C19H19N3Se. The summed E-state index contributed by atoms with van der Waals surface area (Å²) in [6.45, 7) is 6.45. The van der Waals surface area contributed by atoms with Crippen molar-refractivity contribution < 1.29 is 0 Å². The molecular weight excluding hydrogens is 349 g/mol. The number of rotatable bonds is 2. The summed E-state index contributed by atoms with van der Waals surface area (Å²) in [6.07, 6.45) is 2.20. The molecule has 0 radical (unpaired) electrons. The molecule has 3 rings (SSSR count). The van der Waals surface area contributed by atoms with Gasteiger partial charge in [0.05, 0.1) is 0 Å². The van der Waals surface area contributed by atoms with E-state index in [1.54, 1.807) is 0 Å². The average molecular weight is 368 g/mol. The van der Waals surface area contributed by atoms with Crippen LogP contribution in [0.25, 0.3) is 16.0 Å². The summed E-state index contributed by atoms with van der Waals surface area (Å²) in [6, 6.07) is 18.8. The van der Waals surface area contributed by atoms with Crippen LogP contribution < -0.4 is 4.46 Å². The number of azide groups is 1. The molecule has 0 aliphatic carbocycles. The standard InChI is InChI=1S/C19H19N3Se/c1-18(2,3)19(21-22-20)13-16(14-9-5-4-6-10-14)15-11-7-8-12-17(15)23-19/h4-13H,1-3H3. The Hall–Kier alpha value is -1.99. The van der Waals surface area contributed by atoms with Crippen molar-refractivity contribution in [2.45, 2.75) is 25.2 Å². The van der Waals surface area contributed by atoms with E-state index in [0.29, 0.717) is 0 Å². The van der Waals surface area contributed by atoms with Crippen LogP contribution in [-0.2, 0) is 0 Å². The Kier molecular flexibility index (Phi) is 4.08. The zero-order valence-corrected chi connectivity index (χ0v) is 15.2. The van der Waals surface area contributed by atoms with Crippen molar-refractivity contribution in [3.63, 3.8) is 0 Å². The van der Waals surface area contributed by atoms with Crippen molar-refractivity contribution in [3.8, 4) is 0 Å². The number of benzene rings is 2. The zero-order valence-electron chi connectivity index (χ0n) is 13.5. The van der Waals surface area contributed by atoms with Crippen LogP contribution in [0.2, 0.25) is 0 Å². The Morgan fingerprint density at radius 2 is 1.65 bits per heavy atom. The monoisotopic (exact) mass is 369 g/mol. The Morgan fingerprint density at radius 3 is 2.30 bits per heavy atom. The quantitative estimate of drug-likeness (QED) is 0.324. The van der Waals surface area contributed by atoms with Crippen LogP contribution in [0.5, 0.6) is 0 Å². The van der Waals surface area contributed by atoms with Gasteiger partial charge in [0.2, 0.25) is 0 Å². The molecule has 0 saturated heterocycles. The van der Waals surface area contributed by atoms with E-state index in [1.165, 1.54) is 10.0 Å². The van der Waals surface area contributed by atoms with Crippen molar-refractivity contribution in [3.05, 3.63) is 82.2 Å². The van der Waals surface area contributed by atoms with Gasteiger partial charge in [0.15, 0.2) is 0 Å². The van der Waals surface area contributed by atoms with E-state index >= 15 is 0 Å². The average Bonchev–Trinajstić information content (AvgIpc) is 2.54. The van der Waals surface area contributed by atoms with Crippen LogP contribution in [0, 0.1) is 5.41 Å². The second-order valence-electron chi connectivity index (χ2n) is 6.66. The van der Waals surface area contributed by atoms with Crippen LogP contribution in [0.1, 0.15) is 31.9 Å². The third-order valence-corrected chi connectivity index (χ3v) is 7.70. The van der Waals surface area contributed by atoms with Gasteiger partial charge in [-0.25, -0.2) is 0 Å². The van der Waals surface area contributed by atoms with Gasteiger partial charge >= 0.3 is 143 Å². The summed E-state index contributed by atoms with van der Waals surface area (Å²) in [4.78, 5) is 3.20. The molecule has 0 fully saturated rings. The van der Waals surface area contributed by atoms with Crippen LogP contribution >= 0.6 is 0 Å². The maximum atomic E-state index is 9.19. The van der Waals surface area contributed by atoms with Gasteiger partial charge in [0, 0.05) is 0 Å². The van der Waals surface area contributed by atoms with Crippen LogP contribution in [0.4, 0.5) is 0 Å². The molecule has 0 spiro atoms. The van der Waals surface area contributed by atoms with Crippen molar-refractivity contribution in [2.24, 2.45) is 10.5 Å². The van der Waals surface area contributed by atoms with E-state index < -0.39 is 4.44 Å². The molecule has 23 heavy (non-hydrogen) atoms. The molecule has 2 aromatic rings.